The third kappa shape index (κ3) is 5.19. The van der Waals surface area contributed by atoms with Gasteiger partial charge in [0, 0.05) is 17.6 Å². The fourth-order valence-electron chi connectivity index (χ4n) is 1.53. The molecule has 1 aromatic carbocycles. The highest BCUT2D eigenvalue weighted by Gasteiger charge is 2.15. The lowest BCUT2D eigenvalue weighted by atomic mass is 9.93. The Morgan fingerprint density at radius 3 is 2.47 bits per heavy atom. The zero-order valence-corrected chi connectivity index (χ0v) is 12.5. The molecular weight excluding hydrogens is 278 g/mol. The number of ether oxygens (including phenoxy) is 1. The van der Waals surface area contributed by atoms with Crippen LogP contribution in [0.1, 0.15) is 38.9 Å². The molecule has 1 unspecified atom stereocenters. The number of hydrogen-bond donors (Lipinski definition) is 1. The van der Waals surface area contributed by atoms with Crippen LogP contribution in [0.4, 0.5) is 0 Å². The van der Waals surface area contributed by atoms with Crippen molar-refractivity contribution in [3.8, 4) is 0 Å². The number of hydrogen-bond acceptors (Lipinski definition) is 2. The second kappa shape index (κ2) is 6.53. The molecule has 17 heavy (non-hydrogen) atoms. The molecule has 96 valence electrons. The van der Waals surface area contributed by atoms with Gasteiger partial charge in [-0.3, -0.25) is 0 Å². The summed E-state index contributed by atoms with van der Waals surface area (Å²) in [6.07, 6.45) is 1.02. The van der Waals surface area contributed by atoms with Crippen LogP contribution >= 0.6 is 15.9 Å². The molecule has 0 amide bonds. The van der Waals surface area contributed by atoms with Gasteiger partial charge in [0.1, 0.15) is 0 Å². The summed E-state index contributed by atoms with van der Waals surface area (Å²) in [5.74, 6) is 0. The summed E-state index contributed by atoms with van der Waals surface area (Å²) < 4.78 is 6.94. The smallest absolute Gasteiger partial charge is 0.0957 e. The molecule has 0 heterocycles. The molecule has 0 aromatic heterocycles. The number of rotatable bonds is 5. The molecule has 1 aromatic rings. The van der Waals surface area contributed by atoms with Gasteiger partial charge in [0.2, 0.25) is 0 Å². The number of nitrogens with two attached hydrogens (primary N) is 1. The van der Waals surface area contributed by atoms with Crippen LogP contribution in [-0.4, -0.2) is 13.2 Å². The maximum Gasteiger partial charge on any atom is 0.0957 e. The van der Waals surface area contributed by atoms with Crippen molar-refractivity contribution in [1.29, 1.82) is 0 Å². The SMILES string of the molecule is CC(C)(C)CCOC(CN)c1ccccc1Br. The minimum atomic E-state index is -0.0204. The molecule has 0 fully saturated rings. The quantitative estimate of drug-likeness (QED) is 0.895. The van der Waals surface area contributed by atoms with E-state index in [2.05, 4.69) is 42.8 Å². The molecule has 0 radical (unpaired) electrons. The highest BCUT2D eigenvalue weighted by molar-refractivity contribution is 9.10. The normalized spacial score (nSPS) is 13.7. The Kier molecular flexibility index (Phi) is 5.63. The monoisotopic (exact) mass is 299 g/mol. The third-order valence-corrected chi connectivity index (χ3v) is 3.36. The Morgan fingerprint density at radius 1 is 1.29 bits per heavy atom. The van der Waals surface area contributed by atoms with Crippen LogP contribution in [0.2, 0.25) is 0 Å². The lowest BCUT2D eigenvalue weighted by molar-refractivity contribution is 0.0418. The van der Waals surface area contributed by atoms with Crippen LogP contribution in [0, 0.1) is 5.41 Å². The predicted octanol–water partition coefficient (Wildman–Crippen LogP) is 3.90. The Hall–Kier alpha value is -0.380. The summed E-state index contributed by atoms with van der Waals surface area (Å²) in [5.41, 5.74) is 7.20. The van der Waals surface area contributed by atoms with E-state index in [1.807, 2.05) is 18.2 Å². The molecule has 0 saturated carbocycles. The van der Waals surface area contributed by atoms with Crippen LogP contribution in [0.25, 0.3) is 0 Å². The van der Waals surface area contributed by atoms with Crippen LogP contribution < -0.4 is 5.73 Å². The highest BCUT2D eigenvalue weighted by Crippen LogP contribution is 2.26. The van der Waals surface area contributed by atoms with Crippen LogP contribution in [-0.2, 0) is 4.74 Å². The lowest BCUT2D eigenvalue weighted by Crippen LogP contribution is -2.19. The molecule has 0 bridgehead atoms. The van der Waals surface area contributed by atoms with Gasteiger partial charge < -0.3 is 10.5 Å². The second-order valence-electron chi connectivity index (χ2n) is 5.43. The second-order valence-corrected chi connectivity index (χ2v) is 6.28. The Bertz CT molecular complexity index is 346. The number of halogens is 1. The molecule has 0 saturated heterocycles. The van der Waals surface area contributed by atoms with Crippen molar-refractivity contribution in [3.63, 3.8) is 0 Å². The number of benzene rings is 1. The van der Waals surface area contributed by atoms with Gasteiger partial charge in [-0.25, -0.2) is 0 Å². The van der Waals surface area contributed by atoms with E-state index in [9.17, 15) is 0 Å². The van der Waals surface area contributed by atoms with Crippen LogP contribution in [0.15, 0.2) is 28.7 Å². The zero-order valence-electron chi connectivity index (χ0n) is 10.9. The van der Waals surface area contributed by atoms with Gasteiger partial charge in [0.05, 0.1) is 6.10 Å². The molecule has 0 spiro atoms. The molecule has 0 aliphatic rings. The summed E-state index contributed by atoms with van der Waals surface area (Å²) >= 11 is 3.53. The Morgan fingerprint density at radius 2 is 1.94 bits per heavy atom. The minimum Gasteiger partial charge on any atom is -0.372 e. The summed E-state index contributed by atoms with van der Waals surface area (Å²) in [5, 5.41) is 0. The van der Waals surface area contributed by atoms with E-state index in [0.29, 0.717) is 12.0 Å². The Labute approximate surface area is 113 Å². The summed E-state index contributed by atoms with van der Waals surface area (Å²) in [6.45, 7) is 7.89. The molecule has 2 nitrogen and oxygen atoms in total. The zero-order chi connectivity index (χ0) is 12.9. The Balaban J connectivity index is 2.58. The average molecular weight is 300 g/mol. The topological polar surface area (TPSA) is 35.2 Å². The van der Waals surface area contributed by atoms with E-state index in [0.717, 1.165) is 23.1 Å². The molecule has 0 aliphatic heterocycles. The van der Waals surface area contributed by atoms with E-state index in [-0.39, 0.29) is 6.10 Å². The standard InChI is InChI=1S/C14H22BrNO/c1-14(2,3)8-9-17-13(10-16)11-6-4-5-7-12(11)15/h4-7,13H,8-10,16H2,1-3H3. The molecule has 1 rings (SSSR count). The fourth-order valence-corrected chi connectivity index (χ4v) is 2.07. The largest absolute Gasteiger partial charge is 0.372 e. The lowest BCUT2D eigenvalue weighted by Gasteiger charge is -2.22. The predicted molar refractivity (Wildman–Crippen MR) is 76.0 cm³/mol. The first kappa shape index (κ1) is 14.7. The van der Waals surface area contributed by atoms with Crippen molar-refractivity contribution in [2.45, 2.75) is 33.3 Å². The maximum absolute atomic E-state index is 5.88. The third-order valence-electron chi connectivity index (χ3n) is 2.64. The van der Waals surface area contributed by atoms with Crippen molar-refractivity contribution < 1.29 is 4.74 Å². The first-order valence-corrected chi connectivity index (χ1v) is 6.79. The van der Waals surface area contributed by atoms with Crippen molar-refractivity contribution in [2.24, 2.45) is 11.1 Å². The van der Waals surface area contributed by atoms with E-state index in [1.165, 1.54) is 0 Å². The molecule has 2 N–H and O–H groups in total. The van der Waals surface area contributed by atoms with Gasteiger partial charge in [0.25, 0.3) is 0 Å². The van der Waals surface area contributed by atoms with Crippen molar-refractivity contribution >= 4 is 15.9 Å². The van der Waals surface area contributed by atoms with Gasteiger partial charge in [-0.05, 0) is 23.5 Å². The van der Waals surface area contributed by atoms with Crippen molar-refractivity contribution in [1.82, 2.24) is 0 Å². The average Bonchev–Trinajstić information content (AvgIpc) is 2.24. The van der Waals surface area contributed by atoms with Gasteiger partial charge in [0.15, 0.2) is 0 Å². The first-order valence-electron chi connectivity index (χ1n) is 6.00. The first-order chi connectivity index (χ1) is 7.94. The summed E-state index contributed by atoms with van der Waals surface area (Å²) in [4.78, 5) is 0. The molecular formula is C14H22BrNO. The minimum absolute atomic E-state index is 0.0204. The van der Waals surface area contributed by atoms with Gasteiger partial charge in [-0.2, -0.15) is 0 Å². The molecule has 0 aliphatic carbocycles. The van der Waals surface area contributed by atoms with Gasteiger partial charge >= 0.3 is 0 Å². The van der Waals surface area contributed by atoms with E-state index in [1.54, 1.807) is 0 Å². The van der Waals surface area contributed by atoms with Crippen LogP contribution in [0.3, 0.4) is 0 Å². The summed E-state index contributed by atoms with van der Waals surface area (Å²) in [7, 11) is 0. The summed E-state index contributed by atoms with van der Waals surface area (Å²) in [6, 6.07) is 8.08. The van der Waals surface area contributed by atoms with E-state index < -0.39 is 0 Å². The highest BCUT2D eigenvalue weighted by atomic mass is 79.9. The fraction of sp³-hybridized carbons (Fsp3) is 0.571. The van der Waals surface area contributed by atoms with Gasteiger partial charge in [-0.1, -0.05) is 54.9 Å². The van der Waals surface area contributed by atoms with Crippen molar-refractivity contribution in [2.75, 3.05) is 13.2 Å². The molecule has 1 atom stereocenters. The maximum atomic E-state index is 5.88. The van der Waals surface area contributed by atoms with E-state index in [4.69, 9.17) is 10.5 Å². The molecule has 3 heteroatoms. The van der Waals surface area contributed by atoms with Crippen LogP contribution in [0.5, 0.6) is 0 Å². The van der Waals surface area contributed by atoms with Crippen molar-refractivity contribution in [3.05, 3.63) is 34.3 Å². The van der Waals surface area contributed by atoms with Gasteiger partial charge in [-0.15, -0.1) is 0 Å². The van der Waals surface area contributed by atoms with E-state index >= 15 is 0 Å².